The standard InChI is InChI=1S/C15H28N4/c1-9-6-7-13(8-10(9)2)15(17-16)14-11(3)18-19(5)12(14)4/h9-10,13,15,17H,6-8,16H2,1-5H3. The van der Waals surface area contributed by atoms with Gasteiger partial charge < -0.3 is 0 Å². The van der Waals surface area contributed by atoms with Crippen LogP contribution in [0.25, 0.3) is 0 Å². The van der Waals surface area contributed by atoms with Gasteiger partial charge in [-0.1, -0.05) is 20.3 Å². The van der Waals surface area contributed by atoms with Crippen molar-refractivity contribution >= 4 is 0 Å². The van der Waals surface area contributed by atoms with Crippen molar-refractivity contribution in [2.45, 2.75) is 53.0 Å². The molecule has 0 radical (unpaired) electrons. The molecule has 4 nitrogen and oxygen atoms in total. The number of aryl methyl sites for hydroxylation is 2. The molecule has 0 spiro atoms. The predicted molar refractivity (Wildman–Crippen MR) is 78.4 cm³/mol. The number of nitrogens with two attached hydrogens (primary N) is 1. The van der Waals surface area contributed by atoms with Crippen molar-refractivity contribution in [3.05, 3.63) is 17.0 Å². The normalized spacial score (nSPS) is 29.5. The van der Waals surface area contributed by atoms with Gasteiger partial charge in [-0.2, -0.15) is 5.10 Å². The maximum atomic E-state index is 5.88. The maximum Gasteiger partial charge on any atom is 0.0644 e. The molecule has 4 heteroatoms. The highest BCUT2D eigenvalue weighted by atomic mass is 15.3. The SMILES string of the molecule is Cc1nn(C)c(C)c1C(NN)C1CCC(C)C(C)C1. The van der Waals surface area contributed by atoms with E-state index >= 15 is 0 Å². The molecule has 1 saturated carbocycles. The van der Waals surface area contributed by atoms with Crippen molar-refractivity contribution in [3.63, 3.8) is 0 Å². The Morgan fingerprint density at radius 2 is 1.95 bits per heavy atom. The Morgan fingerprint density at radius 1 is 1.26 bits per heavy atom. The molecular weight excluding hydrogens is 236 g/mol. The van der Waals surface area contributed by atoms with E-state index < -0.39 is 0 Å². The zero-order valence-electron chi connectivity index (χ0n) is 12.9. The van der Waals surface area contributed by atoms with Gasteiger partial charge in [0.2, 0.25) is 0 Å². The minimum absolute atomic E-state index is 0.239. The van der Waals surface area contributed by atoms with Gasteiger partial charge in [0.05, 0.1) is 11.7 Å². The van der Waals surface area contributed by atoms with Crippen LogP contribution >= 0.6 is 0 Å². The molecule has 0 amide bonds. The van der Waals surface area contributed by atoms with Crippen molar-refractivity contribution in [1.82, 2.24) is 15.2 Å². The molecule has 3 N–H and O–H groups in total. The van der Waals surface area contributed by atoms with Gasteiger partial charge in [-0.3, -0.25) is 16.0 Å². The molecule has 108 valence electrons. The molecule has 1 aliphatic carbocycles. The average molecular weight is 264 g/mol. The zero-order valence-corrected chi connectivity index (χ0v) is 12.9. The van der Waals surface area contributed by atoms with Gasteiger partial charge in [0.15, 0.2) is 0 Å². The number of rotatable bonds is 3. The Kier molecular flexibility index (Phi) is 4.31. The summed E-state index contributed by atoms with van der Waals surface area (Å²) in [6.07, 6.45) is 3.82. The summed E-state index contributed by atoms with van der Waals surface area (Å²) in [7, 11) is 2.00. The number of nitrogens with zero attached hydrogens (tertiary/aromatic N) is 2. The minimum Gasteiger partial charge on any atom is -0.272 e. The lowest BCUT2D eigenvalue weighted by atomic mass is 9.72. The highest BCUT2D eigenvalue weighted by Gasteiger charge is 2.32. The van der Waals surface area contributed by atoms with E-state index in [1.54, 1.807) is 0 Å². The van der Waals surface area contributed by atoms with Crippen LogP contribution in [0, 0.1) is 31.6 Å². The van der Waals surface area contributed by atoms with Crippen LogP contribution in [-0.2, 0) is 7.05 Å². The van der Waals surface area contributed by atoms with Crippen LogP contribution in [0.2, 0.25) is 0 Å². The second-order valence-corrected chi connectivity index (χ2v) is 6.38. The Bertz CT molecular complexity index is 438. The van der Waals surface area contributed by atoms with Crippen LogP contribution in [0.1, 0.15) is 56.1 Å². The number of hydrogen-bond donors (Lipinski definition) is 2. The first kappa shape index (κ1) is 14.5. The number of hydrogen-bond acceptors (Lipinski definition) is 3. The van der Waals surface area contributed by atoms with Gasteiger partial charge in [0.1, 0.15) is 0 Å². The van der Waals surface area contributed by atoms with Crippen molar-refractivity contribution in [2.75, 3.05) is 0 Å². The molecule has 4 unspecified atom stereocenters. The van der Waals surface area contributed by atoms with Crippen molar-refractivity contribution in [1.29, 1.82) is 0 Å². The number of aromatic nitrogens is 2. The highest BCUT2D eigenvalue weighted by Crippen LogP contribution is 2.40. The Morgan fingerprint density at radius 3 is 2.42 bits per heavy atom. The molecule has 1 aromatic heterocycles. The van der Waals surface area contributed by atoms with Crippen LogP contribution < -0.4 is 11.3 Å². The minimum atomic E-state index is 0.239. The van der Waals surface area contributed by atoms with E-state index in [4.69, 9.17) is 5.84 Å². The maximum absolute atomic E-state index is 5.88. The largest absolute Gasteiger partial charge is 0.272 e. The van der Waals surface area contributed by atoms with Gasteiger partial charge in [-0.25, -0.2) is 0 Å². The van der Waals surface area contributed by atoms with Crippen LogP contribution in [0.3, 0.4) is 0 Å². The smallest absolute Gasteiger partial charge is 0.0644 e. The van der Waals surface area contributed by atoms with Crippen molar-refractivity contribution in [3.8, 4) is 0 Å². The quantitative estimate of drug-likeness (QED) is 0.652. The van der Waals surface area contributed by atoms with Gasteiger partial charge >= 0.3 is 0 Å². The fraction of sp³-hybridized carbons (Fsp3) is 0.800. The van der Waals surface area contributed by atoms with Gasteiger partial charge in [0.25, 0.3) is 0 Å². The van der Waals surface area contributed by atoms with Crippen molar-refractivity contribution in [2.24, 2.45) is 30.6 Å². The summed E-state index contributed by atoms with van der Waals surface area (Å²) in [4.78, 5) is 0. The van der Waals surface area contributed by atoms with E-state index in [2.05, 4.69) is 38.2 Å². The first-order valence-electron chi connectivity index (χ1n) is 7.41. The molecule has 0 aromatic carbocycles. The van der Waals surface area contributed by atoms with E-state index in [-0.39, 0.29) is 6.04 Å². The fourth-order valence-electron chi connectivity index (χ4n) is 3.59. The zero-order chi connectivity index (χ0) is 14.2. The summed E-state index contributed by atoms with van der Waals surface area (Å²) in [5.41, 5.74) is 6.70. The Labute approximate surface area is 116 Å². The summed E-state index contributed by atoms with van der Waals surface area (Å²) in [6, 6.07) is 0.239. The summed E-state index contributed by atoms with van der Waals surface area (Å²) in [5.74, 6) is 8.12. The average Bonchev–Trinajstić information content (AvgIpc) is 2.61. The molecule has 0 aliphatic heterocycles. The van der Waals surface area contributed by atoms with Crippen molar-refractivity contribution < 1.29 is 0 Å². The molecule has 1 aromatic rings. The molecule has 1 heterocycles. The predicted octanol–water partition coefficient (Wildman–Crippen LogP) is 2.61. The topological polar surface area (TPSA) is 55.9 Å². The lowest BCUT2D eigenvalue weighted by Gasteiger charge is -2.36. The third-order valence-corrected chi connectivity index (χ3v) is 5.17. The molecule has 0 bridgehead atoms. The Balaban J connectivity index is 2.25. The third kappa shape index (κ3) is 2.70. The Hall–Kier alpha value is -0.870. The van der Waals surface area contributed by atoms with E-state index in [0.717, 1.165) is 17.5 Å². The summed E-state index contributed by atoms with van der Waals surface area (Å²) < 4.78 is 1.96. The second kappa shape index (κ2) is 5.63. The number of nitrogens with one attached hydrogen (secondary N) is 1. The van der Waals surface area contributed by atoms with Crippen LogP contribution in [-0.4, -0.2) is 9.78 Å². The fourth-order valence-corrected chi connectivity index (χ4v) is 3.59. The first-order valence-corrected chi connectivity index (χ1v) is 7.41. The van der Waals surface area contributed by atoms with E-state index in [1.165, 1.54) is 30.5 Å². The van der Waals surface area contributed by atoms with Gasteiger partial charge in [-0.15, -0.1) is 0 Å². The summed E-state index contributed by atoms with van der Waals surface area (Å²) >= 11 is 0. The monoisotopic (exact) mass is 264 g/mol. The van der Waals surface area contributed by atoms with Crippen LogP contribution in [0.4, 0.5) is 0 Å². The number of hydrazine groups is 1. The molecule has 2 rings (SSSR count). The molecule has 1 aliphatic rings. The van der Waals surface area contributed by atoms with E-state index in [9.17, 15) is 0 Å². The highest BCUT2D eigenvalue weighted by molar-refractivity contribution is 5.28. The van der Waals surface area contributed by atoms with E-state index in [0.29, 0.717) is 5.92 Å². The summed E-state index contributed by atoms with van der Waals surface area (Å²) in [6.45, 7) is 8.95. The molecule has 1 fully saturated rings. The van der Waals surface area contributed by atoms with E-state index in [1.807, 2.05) is 11.7 Å². The lowest BCUT2D eigenvalue weighted by Crippen LogP contribution is -2.37. The molecular formula is C15H28N4. The van der Waals surface area contributed by atoms with Crippen LogP contribution in [0.15, 0.2) is 0 Å². The lowest BCUT2D eigenvalue weighted by molar-refractivity contribution is 0.171. The molecule has 0 saturated heterocycles. The molecule has 19 heavy (non-hydrogen) atoms. The van der Waals surface area contributed by atoms with Gasteiger partial charge in [-0.05, 0) is 44.4 Å². The second-order valence-electron chi connectivity index (χ2n) is 6.38. The van der Waals surface area contributed by atoms with Crippen LogP contribution in [0.5, 0.6) is 0 Å². The van der Waals surface area contributed by atoms with Gasteiger partial charge in [0, 0.05) is 18.3 Å². The summed E-state index contributed by atoms with van der Waals surface area (Å²) in [5, 5.41) is 4.53. The first-order chi connectivity index (χ1) is 8.95. The molecule has 4 atom stereocenters. The third-order valence-electron chi connectivity index (χ3n) is 5.17.